The highest BCUT2D eigenvalue weighted by atomic mass is 35.5. The summed E-state index contributed by atoms with van der Waals surface area (Å²) in [5, 5.41) is 3.81. The summed E-state index contributed by atoms with van der Waals surface area (Å²) < 4.78 is 35.0. The zero-order valence-electron chi connectivity index (χ0n) is 21.6. The van der Waals surface area contributed by atoms with Crippen molar-refractivity contribution in [1.82, 2.24) is 13.9 Å². The van der Waals surface area contributed by atoms with Crippen LogP contribution >= 0.6 is 23.2 Å². The molecule has 0 aliphatic carbocycles. The third kappa shape index (κ3) is 6.99. The summed E-state index contributed by atoms with van der Waals surface area (Å²) in [6.45, 7) is 3.52. The lowest BCUT2D eigenvalue weighted by molar-refractivity contribution is -0.116. The summed E-state index contributed by atoms with van der Waals surface area (Å²) in [7, 11) is -2.39. The molecule has 1 aromatic heterocycles. The first kappa shape index (κ1) is 28.6. The Morgan fingerprint density at radius 1 is 1.03 bits per heavy atom. The molecule has 8 nitrogen and oxygen atoms in total. The van der Waals surface area contributed by atoms with E-state index in [9.17, 15) is 13.2 Å². The van der Waals surface area contributed by atoms with E-state index in [-0.39, 0.29) is 23.3 Å². The number of imidazole rings is 1. The predicted octanol–water partition coefficient (Wildman–Crippen LogP) is 6.14. The Bertz CT molecular complexity index is 1550. The van der Waals surface area contributed by atoms with E-state index < -0.39 is 22.5 Å². The third-order valence-electron chi connectivity index (χ3n) is 5.77. The van der Waals surface area contributed by atoms with Crippen LogP contribution < -0.4 is 10.1 Å². The van der Waals surface area contributed by atoms with Crippen LogP contribution in [0.1, 0.15) is 13.8 Å². The monoisotopic (exact) mass is 586 g/mol. The lowest BCUT2D eigenvalue weighted by Gasteiger charge is -2.23. The summed E-state index contributed by atoms with van der Waals surface area (Å²) in [4.78, 5) is 18.0. The topological polar surface area (TPSA) is 93.5 Å². The van der Waals surface area contributed by atoms with Gasteiger partial charge >= 0.3 is 0 Å². The smallest absolute Gasteiger partial charge is 0.243 e. The highest BCUT2D eigenvalue weighted by Gasteiger charge is 2.28. The zero-order valence-corrected chi connectivity index (χ0v) is 24.0. The molecule has 0 unspecified atom stereocenters. The van der Waals surface area contributed by atoms with Gasteiger partial charge in [0.05, 0.1) is 29.9 Å². The number of ether oxygens (including phenoxy) is 1. The van der Waals surface area contributed by atoms with Crippen LogP contribution in [-0.2, 0) is 14.8 Å². The number of amides is 1. The summed E-state index contributed by atoms with van der Waals surface area (Å²) in [6, 6.07) is 20.3. The van der Waals surface area contributed by atoms with Crippen LogP contribution in [0.25, 0.3) is 16.9 Å². The van der Waals surface area contributed by atoms with Gasteiger partial charge in [-0.05, 0) is 54.4 Å². The van der Waals surface area contributed by atoms with Crippen LogP contribution in [0, 0.1) is 5.92 Å². The standard InChI is InChI=1S/C28H28Cl2N4O4S/c1-19(2)16-33(39(36,37)25-13-11-22(30)12-14-25)18-27(35)32-28-31-26(20-7-9-21(29)10-8-20)17-34(28)23-5-4-6-24(15-23)38-3/h4-15,17,19H,16,18H2,1-3H3,(H,31,32,35). The molecule has 11 heteroatoms. The largest absolute Gasteiger partial charge is 0.497 e. The summed E-state index contributed by atoms with van der Waals surface area (Å²) >= 11 is 12.0. The number of hydrogen-bond donors (Lipinski definition) is 1. The van der Waals surface area contributed by atoms with Gasteiger partial charge in [0.15, 0.2) is 0 Å². The fraction of sp³-hybridized carbons (Fsp3) is 0.214. The lowest BCUT2D eigenvalue weighted by atomic mass is 10.2. The Morgan fingerprint density at radius 3 is 2.28 bits per heavy atom. The molecule has 1 heterocycles. The van der Waals surface area contributed by atoms with Crippen LogP contribution in [0.4, 0.5) is 5.95 Å². The van der Waals surface area contributed by atoms with E-state index in [1.165, 1.54) is 24.3 Å². The van der Waals surface area contributed by atoms with Crippen molar-refractivity contribution in [3.05, 3.63) is 89.0 Å². The van der Waals surface area contributed by atoms with Crippen LogP contribution in [-0.4, -0.2) is 48.4 Å². The summed E-state index contributed by atoms with van der Waals surface area (Å²) in [6.07, 6.45) is 1.78. The average molecular weight is 588 g/mol. The Balaban J connectivity index is 1.67. The molecule has 1 N–H and O–H groups in total. The van der Waals surface area contributed by atoms with Gasteiger partial charge in [-0.15, -0.1) is 0 Å². The van der Waals surface area contributed by atoms with Crippen molar-refractivity contribution < 1.29 is 17.9 Å². The molecule has 204 valence electrons. The van der Waals surface area contributed by atoms with Crippen LogP contribution in [0.5, 0.6) is 5.75 Å². The first-order chi connectivity index (χ1) is 18.6. The predicted molar refractivity (Wildman–Crippen MR) is 154 cm³/mol. The fourth-order valence-electron chi connectivity index (χ4n) is 3.92. The first-order valence-corrected chi connectivity index (χ1v) is 14.3. The van der Waals surface area contributed by atoms with Crippen molar-refractivity contribution in [2.45, 2.75) is 18.7 Å². The number of halogens is 2. The highest BCUT2D eigenvalue weighted by Crippen LogP contribution is 2.27. The van der Waals surface area contributed by atoms with Gasteiger partial charge in [-0.2, -0.15) is 4.31 Å². The maximum absolute atomic E-state index is 13.4. The second-order valence-electron chi connectivity index (χ2n) is 9.22. The molecule has 0 atom stereocenters. The molecule has 0 saturated heterocycles. The van der Waals surface area contributed by atoms with Crippen molar-refractivity contribution in [2.24, 2.45) is 5.92 Å². The van der Waals surface area contributed by atoms with Crippen molar-refractivity contribution in [2.75, 3.05) is 25.5 Å². The molecule has 0 fully saturated rings. The molecule has 0 aliphatic heterocycles. The summed E-state index contributed by atoms with van der Waals surface area (Å²) in [5.41, 5.74) is 2.09. The minimum absolute atomic E-state index is 0.0184. The van der Waals surface area contributed by atoms with E-state index in [2.05, 4.69) is 10.3 Å². The Kier molecular flexibility index (Phi) is 8.97. The number of nitrogens with zero attached hydrogens (tertiary/aromatic N) is 3. The molecule has 4 rings (SSSR count). The van der Waals surface area contributed by atoms with Gasteiger partial charge in [0.1, 0.15) is 5.75 Å². The zero-order chi connectivity index (χ0) is 28.2. The molecule has 0 aliphatic rings. The van der Waals surface area contributed by atoms with Gasteiger partial charge in [0, 0.05) is 34.4 Å². The van der Waals surface area contributed by atoms with Gasteiger partial charge in [0.25, 0.3) is 0 Å². The number of carbonyl (C=O) groups is 1. The fourth-order valence-corrected chi connectivity index (χ4v) is 5.73. The molecular weight excluding hydrogens is 559 g/mol. The normalized spacial score (nSPS) is 11.7. The number of sulfonamides is 1. The Labute approximate surface area is 238 Å². The first-order valence-electron chi connectivity index (χ1n) is 12.1. The maximum Gasteiger partial charge on any atom is 0.243 e. The van der Waals surface area contributed by atoms with Gasteiger partial charge in [-0.25, -0.2) is 13.4 Å². The number of methoxy groups -OCH3 is 1. The van der Waals surface area contributed by atoms with E-state index in [0.717, 1.165) is 9.87 Å². The van der Waals surface area contributed by atoms with Crippen molar-refractivity contribution >= 4 is 45.1 Å². The molecule has 39 heavy (non-hydrogen) atoms. The Hall–Kier alpha value is -3.37. The van der Waals surface area contributed by atoms with E-state index in [4.69, 9.17) is 27.9 Å². The molecule has 4 aromatic rings. The number of nitrogens with one attached hydrogen (secondary N) is 1. The number of hydrogen-bond acceptors (Lipinski definition) is 5. The van der Waals surface area contributed by atoms with Crippen molar-refractivity contribution in [3.63, 3.8) is 0 Å². The van der Waals surface area contributed by atoms with Gasteiger partial charge in [-0.1, -0.05) is 55.2 Å². The maximum atomic E-state index is 13.4. The molecule has 3 aromatic carbocycles. The highest BCUT2D eigenvalue weighted by molar-refractivity contribution is 7.89. The third-order valence-corrected chi connectivity index (χ3v) is 8.10. The second kappa shape index (κ2) is 12.2. The molecule has 0 radical (unpaired) electrons. The number of anilines is 1. The number of carbonyl (C=O) groups excluding carboxylic acids is 1. The molecule has 0 saturated carbocycles. The number of rotatable bonds is 10. The average Bonchev–Trinajstić information content (AvgIpc) is 3.32. The van der Waals surface area contributed by atoms with Gasteiger partial charge < -0.3 is 4.74 Å². The molecule has 0 spiro atoms. The lowest BCUT2D eigenvalue weighted by Crippen LogP contribution is -2.40. The van der Waals surface area contributed by atoms with Gasteiger partial charge in [0.2, 0.25) is 21.9 Å². The van der Waals surface area contributed by atoms with Gasteiger partial charge in [-0.3, -0.25) is 14.7 Å². The minimum Gasteiger partial charge on any atom is -0.497 e. The van der Waals surface area contributed by atoms with E-state index in [1.807, 2.05) is 44.2 Å². The van der Waals surface area contributed by atoms with Crippen LogP contribution in [0.2, 0.25) is 10.0 Å². The number of aromatic nitrogens is 2. The Morgan fingerprint density at radius 2 is 1.67 bits per heavy atom. The number of benzene rings is 3. The van der Waals surface area contributed by atoms with Crippen LogP contribution in [0.3, 0.4) is 0 Å². The SMILES string of the molecule is COc1cccc(-n2cc(-c3ccc(Cl)cc3)nc2NC(=O)CN(CC(C)C)S(=O)(=O)c2ccc(Cl)cc2)c1. The molecule has 1 amide bonds. The van der Waals surface area contributed by atoms with Crippen molar-refractivity contribution in [1.29, 1.82) is 0 Å². The van der Waals surface area contributed by atoms with E-state index in [1.54, 1.807) is 36.1 Å². The van der Waals surface area contributed by atoms with Crippen molar-refractivity contribution in [3.8, 4) is 22.7 Å². The molecule has 0 bridgehead atoms. The van der Waals surface area contributed by atoms with Crippen LogP contribution in [0.15, 0.2) is 83.9 Å². The molecular formula is C28H28Cl2N4O4S. The minimum atomic E-state index is -3.96. The quantitative estimate of drug-likeness (QED) is 0.241. The van der Waals surface area contributed by atoms with E-state index in [0.29, 0.717) is 27.2 Å². The summed E-state index contributed by atoms with van der Waals surface area (Å²) in [5.74, 6) is 0.302. The van der Waals surface area contributed by atoms with E-state index >= 15 is 0 Å². The second-order valence-corrected chi connectivity index (χ2v) is 12.0.